The van der Waals surface area contributed by atoms with Gasteiger partial charge in [0.05, 0.1) is 4.90 Å². The van der Waals surface area contributed by atoms with Crippen molar-refractivity contribution in [1.29, 1.82) is 0 Å². The molecular formula is C20H32N2O2S. The summed E-state index contributed by atoms with van der Waals surface area (Å²) in [4.78, 5) is 3.06. The molecule has 0 spiro atoms. The number of benzene rings is 1. The molecule has 0 N–H and O–H groups in total. The molecule has 0 aliphatic carbocycles. The van der Waals surface area contributed by atoms with Crippen molar-refractivity contribution in [2.75, 3.05) is 32.7 Å². The number of hydrogen-bond acceptors (Lipinski definition) is 3. The third kappa shape index (κ3) is 4.44. The van der Waals surface area contributed by atoms with E-state index in [9.17, 15) is 8.42 Å². The van der Waals surface area contributed by atoms with Crippen LogP contribution in [0.3, 0.4) is 0 Å². The minimum absolute atomic E-state index is 0.474. The summed E-state index contributed by atoms with van der Waals surface area (Å²) in [6.45, 7) is 11.1. The van der Waals surface area contributed by atoms with Crippen molar-refractivity contribution in [2.24, 2.45) is 11.8 Å². The molecule has 140 valence electrons. The van der Waals surface area contributed by atoms with E-state index < -0.39 is 10.0 Å². The lowest BCUT2D eigenvalue weighted by Gasteiger charge is -2.36. The van der Waals surface area contributed by atoms with Gasteiger partial charge < -0.3 is 4.90 Å². The quantitative estimate of drug-likeness (QED) is 0.822. The van der Waals surface area contributed by atoms with Crippen LogP contribution in [0.5, 0.6) is 0 Å². The summed E-state index contributed by atoms with van der Waals surface area (Å²) in [5.74, 6) is 1.50. The molecule has 2 aliphatic heterocycles. The molecule has 0 unspecified atom stereocenters. The average molecular weight is 365 g/mol. The van der Waals surface area contributed by atoms with Crippen LogP contribution in [0.1, 0.15) is 43.7 Å². The third-order valence-electron chi connectivity index (χ3n) is 5.91. The van der Waals surface area contributed by atoms with E-state index in [0.29, 0.717) is 23.9 Å². The molecule has 2 saturated heterocycles. The highest BCUT2D eigenvalue weighted by atomic mass is 32.2. The second-order valence-corrected chi connectivity index (χ2v) is 10.0. The Morgan fingerprint density at radius 3 is 2.24 bits per heavy atom. The molecule has 3 rings (SSSR count). The van der Waals surface area contributed by atoms with Crippen LogP contribution in [0, 0.1) is 25.7 Å². The van der Waals surface area contributed by atoms with Crippen LogP contribution < -0.4 is 0 Å². The Morgan fingerprint density at radius 2 is 1.64 bits per heavy atom. The normalized spacial score (nSPS) is 22.4. The van der Waals surface area contributed by atoms with Gasteiger partial charge >= 0.3 is 0 Å². The number of rotatable bonds is 4. The van der Waals surface area contributed by atoms with Gasteiger partial charge in [-0.3, -0.25) is 0 Å². The van der Waals surface area contributed by atoms with Crippen LogP contribution in [0.15, 0.2) is 23.1 Å². The smallest absolute Gasteiger partial charge is 0.243 e. The molecule has 1 aromatic carbocycles. The zero-order valence-corrected chi connectivity index (χ0v) is 16.7. The molecule has 5 heteroatoms. The highest BCUT2D eigenvalue weighted by Crippen LogP contribution is 2.27. The van der Waals surface area contributed by atoms with Crippen molar-refractivity contribution in [2.45, 2.75) is 51.3 Å². The maximum Gasteiger partial charge on any atom is 0.243 e. The van der Waals surface area contributed by atoms with Crippen molar-refractivity contribution in [3.63, 3.8) is 0 Å². The molecule has 25 heavy (non-hydrogen) atoms. The lowest BCUT2D eigenvalue weighted by Crippen LogP contribution is -2.43. The van der Waals surface area contributed by atoms with Crippen molar-refractivity contribution in [1.82, 2.24) is 9.21 Å². The second kappa shape index (κ2) is 7.77. The van der Waals surface area contributed by atoms with Gasteiger partial charge in [0.1, 0.15) is 0 Å². The minimum Gasteiger partial charge on any atom is -0.303 e. The molecule has 0 atom stereocenters. The van der Waals surface area contributed by atoms with Crippen LogP contribution in [0.4, 0.5) is 0 Å². The van der Waals surface area contributed by atoms with Gasteiger partial charge in [0, 0.05) is 19.6 Å². The van der Waals surface area contributed by atoms with Crippen molar-refractivity contribution >= 4 is 10.0 Å². The summed E-state index contributed by atoms with van der Waals surface area (Å²) in [5, 5.41) is 0. The van der Waals surface area contributed by atoms with Crippen LogP contribution in [0.25, 0.3) is 0 Å². The predicted molar refractivity (Wildman–Crippen MR) is 102 cm³/mol. The van der Waals surface area contributed by atoms with E-state index in [1.165, 1.54) is 25.9 Å². The fourth-order valence-electron chi connectivity index (χ4n) is 4.17. The van der Waals surface area contributed by atoms with E-state index in [4.69, 9.17) is 0 Å². The zero-order valence-electron chi connectivity index (χ0n) is 15.9. The van der Waals surface area contributed by atoms with E-state index in [0.717, 1.165) is 36.4 Å². The van der Waals surface area contributed by atoms with Gasteiger partial charge in [-0.2, -0.15) is 4.31 Å². The molecule has 0 saturated carbocycles. The Labute approximate surface area is 153 Å². The second-order valence-electron chi connectivity index (χ2n) is 8.10. The largest absolute Gasteiger partial charge is 0.303 e. The molecule has 1 aromatic rings. The Bertz CT molecular complexity index is 686. The molecule has 0 amide bonds. The summed E-state index contributed by atoms with van der Waals surface area (Å²) in [7, 11) is -3.35. The first kappa shape index (κ1) is 18.9. The van der Waals surface area contributed by atoms with Gasteiger partial charge in [-0.05, 0) is 76.1 Å². The lowest BCUT2D eigenvalue weighted by atomic mass is 9.94. The third-order valence-corrected chi connectivity index (χ3v) is 7.97. The van der Waals surface area contributed by atoms with Gasteiger partial charge in [0.15, 0.2) is 0 Å². The van der Waals surface area contributed by atoms with Crippen molar-refractivity contribution in [3.8, 4) is 0 Å². The first-order valence-corrected chi connectivity index (χ1v) is 11.1. The van der Waals surface area contributed by atoms with Crippen LogP contribution >= 0.6 is 0 Å². The summed E-state index contributed by atoms with van der Waals surface area (Å²) in [5.41, 5.74) is 1.95. The van der Waals surface area contributed by atoms with Crippen LogP contribution in [0.2, 0.25) is 0 Å². The van der Waals surface area contributed by atoms with E-state index in [1.54, 1.807) is 10.4 Å². The maximum atomic E-state index is 13.0. The molecule has 2 fully saturated rings. The standard InChI is InChI=1S/C20H32N2O2S/c1-16-6-10-21(11-7-16)15-19-8-12-22(13-9-19)25(23,24)20-5-4-17(2)14-18(20)3/h4-5,14,16,19H,6-13,15H2,1-3H3. The first-order chi connectivity index (χ1) is 11.9. The summed E-state index contributed by atoms with van der Waals surface area (Å²) in [6, 6.07) is 5.61. The Balaban J connectivity index is 1.58. The van der Waals surface area contributed by atoms with Crippen molar-refractivity contribution in [3.05, 3.63) is 29.3 Å². The summed E-state index contributed by atoms with van der Waals surface area (Å²) >= 11 is 0. The van der Waals surface area contributed by atoms with Crippen molar-refractivity contribution < 1.29 is 8.42 Å². The Morgan fingerprint density at radius 1 is 1.00 bits per heavy atom. The average Bonchev–Trinajstić information content (AvgIpc) is 2.57. The molecule has 0 bridgehead atoms. The van der Waals surface area contributed by atoms with Gasteiger partial charge in [0.25, 0.3) is 0 Å². The fraction of sp³-hybridized carbons (Fsp3) is 0.700. The topological polar surface area (TPSA) is 40.6 Å². The summed E-state index contributed by atoms with van der Waals surface area (Å²) < 4.78 is 27.6. The lowest BCUT2D eigenvalue weighted by molar-refractivity contribution is 0.142. The number of sulfonamides is 1. The van der Waals surface area contributed by atoms with Gasteiger partial charge in [0.2, 0.25) is 10.0 Å². The molecule has 2 aliphatic rings. The highest BCUT2D eigenvalue weighted by Gasteiger charge is 2.31. The molecule has 4 nitrogen and oxygen atoms in total. The minimum atomic E-state index is -3.35. The van der Waals surface area contributed by atoms with Gasteiger partial charge in [-0.25, -0.2) is 8.42 Å². The first-order valence-electron chi connectivity index (χ1n) is 9.66. The molecule has 0 aromatic heterocycles. The van der Waals surface area contributed by atoms with Crippen LogP contribution in [-0.2, 0) is 10.0 Å². The number of aryl methyl sites for hydroxylation is 2. The number of hydrogen-bond donors (Lipinski definition) is 0. The highest BCUT2D eigenvalue weighted by molar-refractivity contribution is 7.89. The number of piperidine rings is 2. The SMILES string of the molecule is Cc1ccc(S(=O)(=O)N2CCC(CN3CCC(C)CC3)CC2)c(C)c1. The Kier molecular flexibility index (Phi) is 5.86. The van der Waals surface area contributed by atoms with Gasteiger partial charge in [-0.15, -0.1) is 0 Å². The van der Waals surface area contributed by atoms with E-state index in [2.05, 4.69) is 11.8 Å². The van der Waals surface area contributed by atoms with E-state index in [1.807, 2.05) is 26.0 Å². The fourth-order valence-corrected chi connectivity index (χ4v) is 5.85. The van der Waals surface area contributed by atoms with E-state index >= 15 is 0 Å². The molecule has 2 heterocycles. The summed E-state index contributed by atoms with van der Waals surface area (Å²) in [6.07, 6.45) is 4.58. The molecular weight excluding hydrogens is 332 g/mol. The molecule has 0 radical (unpaired) electrons. The van der Waals surface area contributed by atoms with E-state index in [-0.39, 0.29) is 0 Å². The maximum absolute atomic E-state index is 13.0. The monoisotopic (exact) mass is 364 g/mol. The Hall–Kier alpha value is -0.910. The number of likely N-dealkylation sites (tertiary alicyclic amines) is 1. The van der Waals surface area contributed by atoms with Crippen LogP contribution in [-0.4, -0.2) is 50.3 Å². The number of nitrogens with zero attached hydrogens (tertiary/aromatic N) is 2. The predicted octanol–water partition coefficient (Wildman–Crippen LogP) is 3.44. The zero-order chi connectivity index (χ0) is 18.0. The van der Waals surface area contributed by atoms with Gasteiger partial charge in [-0.1, -0.05) is 24.6 Å².